The largest absolute Gasteiger partial charge is 0.344 e. The van der Waals surface area contributed by atoms with Gasteiger partial charge in [-0.15, -0.1) is 0 Å². The molecule has 1 N–H and O–H groups in total. The molecule has 3 heterocycles. The second-order valence-corrected chi connectivity index (χ2v) is 9.07. The SMILES string of the molecule is CCc1cnc(N2CCC(n3ccc4cc(-c5ccc(NSC)cc5)c(F)cc43)CC2)nc1. The van der Waals surface area contributed by atoms with E-state index in [4.69, 9.17) is 0 Å². The van der Waals surface area contributed by atoms with E-state index >= 15 is 4.39 Å². The van der Waals surface area contributed by atoms with Gasteiger partial charge in [0.1, 0.15) is 5.82 Å². The number of hydrogen-bond acceptors (Lipinski definition) is 5. The van der Waals surface area contributed by atoms with Crippen molar-refractivity contribution in [1.82, 2.24) is 14.5 Å². The maximum atomic E-state index is 15.2. The minimum absolute atomic E-state index is 0.185. The topological polar surface area (TPSA) is 46.0 Å². The zero-order valence-electron chi connectivity index (χ0n) is 19.0. The van der Waals surface area contributed by atoms with Gasteiger partial charge in [-0.05, 0) is 60.7 Å². The zero-order valence-corrected chi connectivity index (χ0v) is 19.8. The van der Waals surface area contributed by atoms with E-state index < -0.39 is 0 Å². The first kappa shape index (κ1) is 21.8. The highest BCUT2D eigenvalue weighted by Gasteiger charge is 2.23. The summed E-state index contributed by atoms with van der Waals surface area (Å²) in [4.78, 5) is 11.3. The lowest BCUT2D eigenvalue weighted by atomic mass is 10.0. The molecule has 5 rings (SSSR count). The van der Waals surface area contributed by atoms with Crippen LogP contribution >= 0.6 is 11.9 Å². The van der Waals surface area contributed by atoms with Gasteiger partial charge in [0.2, 0.25) is 5.95 Å². The predicted octanol–water partition coefficient (Wildman–Crippen LogP) is 6.33. The first-order chi connectivity index (χ1) is 16.2. The summed E-state index contributed by atoms with van der Waals surface area (Å²) in [5.74, 6) is 0.618. The van der Waals surface area contributed by atoms with Crippen molar-refractivity contribution in [3.05, 3.63) is 72.4 Å². The number of nitrogens with one attached hydrogen (secondary N) is 1. The van der Waals surface area contributed by atoms with Crippen molar-refractivity contribution in [2.45, 2.75) is 32.2 Å². The van der Waals surface area contributed by atoms with Gasteiger partial charge in [0, 0.05) is 60.6 Å². The van der Waals surface area contributed by atoms with Gasteiger partial charge in [-0.25, -0.2) is 14.4 Å². The van der Waals surface area contributed by atoms with Crippen molar-refractivity contribution in [2.24, 2.45) is 0 Å². The Balaban J connectivity index is 1.34. The second-order valence-electron chi connectivity index (χ2n) is 8.46. The number of anilines is 2. The third-order valence-electron chi connectivity index (χ3n) is 6.47. The molecule has 0 saturated carbocycles. The Kier molecular flexibility index (Phi) is 6.22. The molecule has 0 radical (unpaired) electrons. The van der Waals surface area contributed by atoms with Crippen LogP contribution in [0.2, 0.25) is 0 Å². The number of fused-ring (bicyclic) bond motifs is 1. The summed E-state index contributed by atoms with van der Waals surface area (Å²) < 4.78 is 20.6. The van der Waals surface area contributed by atoms with Gasteiger partial charge >= 0.3 is 0 Å². The molecule has 5 nitrogen and oxygen atoms in total. The number of benzene rings is 2. The van der Waals surface area contributed by atoms with Crippen molar-refractivity contribution in [3.63, 3.8) is 0 Å². The molecule has 0 bridgehead atoms. The van der Waals surface area contributed by atoms with Crippen molar-refractivity contribution in [1.29, 1.82) is 0 Å². The van der Waals surface area contributed by atoms with Crippen LogP contribution in [-0.4, -0.2) is 33.9 Å². The minimum Gasteiger partial charge on any atom is -0.344 e. The normalized spacial score (nSPS) is 14.7. The highest BCUT2D eigenvalue weighted by atomic mass is 32.2. The van der Waals surface area contributed by atoms with E-state index in [1.54, 1.807) is 18.0 Å². The first-order valence-electron chi connectivity index (χ1n) is 11.4. The maximum absolute atomic E-state index is 15.2. The molecule has 0 amide bonds. The van der Waals surface area contributed by atoms with Gasteiger partial charge in [0.25, 0.3) is 0 Å². The average Bonchev–Trinajstić information content (AvgIpc) is 3.27. The van der Waals surface area contributed by atoms with E-state index in [0.717, 1.165) is 66.0 Å². The molecule has 0 unspecified atom stereocenters. The number of nitrogens with zero attached hydrogens (tertiary/aromatic N) is 4. The standard InChI is InChI=1S/C26H28FN5S/c1-3-18-16-28-26(29-17-18)31-11-9-22(10-12-31)32-13-8-20-14-23(24(27)15-25(20)32)19-4-6-21(7-5-19)30-33-2/h4-8,13-17,22,30H,3,9-12H2,1-2H3. The molecular weight excluding hydrogens is 433 g/mol. The maximum Gasteiger partial charge on any atom is 0.225 e. The smallest absolute Gasteiger partial charge is 0.225 e. The van der Waals surface area contributed by atoms with Gasteiger partial charge in [-0.2, -0.15) is 0 Å². The lowest BCUT2D eigenvalue weighted by Crippen LogP contribution is -2.35. The molecule has 1 fully saturated rings. The zero-order chi connectivity index (χ0) is 22.8. The van der Waals surface area contributed by atoms with E-state index in [2.05, 4.69) is 43.3 Å². The Bertz CT molecular complexity index is 1230. The van der Waals surface area contributed by atoms with Crippen molar-refractivity contribution in [2.75, 3.05) is 29.0 Å². The number of hydrogen-bond donors (Lipinski definition) is 1. The molecule has 1 saturated heterocycles. The molecule has 0 aliphatic carbocycles. The molecule has 33 heavy (non-hydrogen) atoms. The van der Waals surface area contributed by atoms with Crippen LogP contribution in [0.3, 0.4) is 0 Å². The highest BCUT2D eigenvalue weighted by Crippen LogP contribution is 2.33. The van der Waals surface area contributed by atoms with E-state index in [0.29, 0.717) is 11.6 Å². The van der Waals surface area contributed by atoms with Gasteiger partial charge in [0.15, 0.2) is 0 Å². The van der Waals surface area contributed by atoms with Gasteiger partial charge < -0.3 is 14.2 Å². The van der Waals surface area contributed by atoms with Crippen molar-refractivity contribution in [3.8, 4) is 11.1 Å². The van der Waals surface area contributed by atoms with E-state index in [1.807, 2.05) is 49.0 Å². The summed E-state index contributed by atoms with van der Waals surface area (Å²) in [6.07, 6.45) is 10.8. The Morgan fingerprint density at radius 2 is 1.79 bits per heavy atom. The van der Waals surface area contributed by atoms with Crippen LogP contribution in [0.15, 0.2) is 61.1 Å². The average molecular weight is 462 g/mol. The van der Waals surface area contributed by atoms with Crippen LogP contribution in [-0.2, 0) is 6.42 Å². The number of aromatic nitrogens is 3. The summed E-state index contributed by atoms with van der Waals surface area (Å²) in [5, 5.41) is 1.07. The van der Waals surface area contributed by atoms with Crippen LogP contribution in [0, 0.1) is 5.82 Å². The molecule has 0 atom stereocenters. The van der Waals surface area contributed by atoms with Crippen molar-refractivity contribution >= 4 is 34.5 Å². The molecule has 2 aromatic heterocycles. The Hall–Kier alpha value is -3.06. The Labute approximate surface area is 198 Å². The van der Waals surface area contributed by atoms with Gasteiger partial charge in [0.05, 0.1) is 5.52 Å². The number of piperidine rings is 1. The van der Waals surface area contributed by atoms with Crippen LogP contribution in [0.25, 0.3) is 22.0 Å². The Morgan fingerprint density at radius 3 is 2.45 bits per heavy atom. The monoisotopic (exact) mass is 461 g/mol. The molecule has 1 aliphatic heterocycles. The van der Waals surface area contributed by atoms with Crippen LogP contribution in [0.5, 0.6) is 0 Å². The summed E-state index contributed by atoms with van der Waals surface area (Å²) in [6.45, 7) is 3.90. The minimum atomic E-state index is -0.185. The quantitative estimate of drug-likeness (QED) is 0.340. The molecule has 170 valence electrons. The van der Waals surface area contributed by atoms with Crippen LogP contribution in [0.1, 0.15) is 31.4 Å². The summed E-state index contributed by atoms with van der Waals surface area (Å²) in [7, 11) is 0. The van der Waals surface area contributed by atoms with Crippen LogP contribution in [0.4, 0.5) is 16.0 Å². The number of rotatable bonds is 6. The van der Waals surface area contributed by atoms with E-state index in [-0.39, 0.29) is 5.82 Å². The molecule has 0 spiro atoms. The fourth-order valence-electron chi connectivity index (χ4n) is 4.59. The van der Waals surface area contributed by atoms with E-state index in [1.165, 1.54) is 0 Å². The fraction of sp³-hybridized carbons (Fsp3) is 0.308. The predicted molar refractivity (Wildman–Crippen MR) is 136 cm³/mol. The summed E-state index contributed by atoms with van der Waals surface area (Å²) >= 11 is 1.54. The fourth-order valence-corrected chi connectivity index (χ4v) is 4.96. The Morgan fingerprint density at radius 1 is 1.06 bits per heavy atom. The molecule has 1 aliphatic rings. The van der Waals surface area contributed by atoms with Crippen molar-refractivity contribution < 1.29 is 4.39 Å². The summed E-state index contributed by atoms with van der Waals surface area (Å²) in [6, 6.07) is 14.0. The lowest BCUT2D eigenvalue weighted by molar-refractivity contribution is 0.402. The van der Waals surface area contributed by atoms with E-state index in [9.17, 15) is 0 Å². The summed E-state index contributed by atoms with van der Waals surface area (Å²) in [5.41, 5.74) is 4.65. The highest BCUT2D eigenvalue weighted by molar-refractivity contribution is 7.99. The third kappa shape index (κ3) is 4.42. The molecule has 2 aromatic carbocycles. The lowest BCUT2D eigenvalue weighted by Gasteiger charge is -2.33. The van der Waals surface area contributed by atoms with Crippen LogP contribution < -0.4 is 9.62 Å². The van der Waals surface area contributed by atoms with Gasteiger partial charge in [-0.1, -0.05) is 31.0 Å². The molecule has 7 heteroatoms. The molecular formula is C26H28FN5S. The number of aryl methyl sites for hydroxylation is 1. The van der Waals surface area contributed by atoms with Gasteiger partial charge in [-0.3, -0.25) is 0 Å². The molecule has 4 aromatic rings. The number of halogens is 1. The second kappa shape index (κ2) is 9.43. The third-order valence-corrected chi connectivity index (χ3v) is 6.91. The first-order valence-corrected chi connectivity index (χ1v) is 12.6.